The zero-order chi connectivity index (χ0) is 14.9. The van der Waals surface area contributed by atoms with Crippen molar-refractivity contribution in [3.63, 3.8) is 0 Å². The van der Waals surface area contributed by atoms with Crippen LogP contribution in [-0.2, 0) is 11.2 Å². The summed E-state index contributed by atoms with van der Waals surface area (Å²) in [5.74, 6) is -0.481. The van der Waals surface area contributed by atoms with Crippen LogP contribution in [0.4, 0.5) is 0 Å². The lowest BCUT2D eigenvalue weighted by Gasteiger charge is -2.17. The third kappa shape index (κ3) is 2.89. The van der Waals surface area contributed by atoms with Crippen LogP contribution in [0.1, 0.15) is 45.2 Å². The minimum atomic E-state index is -0.481. The van der Waals surface area contributed by atoms with E-state index in [0.29, 0.717) is 17.8 Å². The van der Waals surface area contributed by atoms with Gasteiger partial charge >= 0.3 is 5.97 Å². The van der Waals surface area contributed by atoms with Gasteiger partial charge in [0.15, 0.2) is 5.65 Å². The summed E-state index contributed by atoms with van der Waals surface area (Å²) >= 11 is 0. The quantitative estimate of drug-likeness (QED) is 0.872. The minimum Gasteiger partial charge on any atom is -0.462 e. The van der Waals surface area contributed by atoms with Crippen molar-refractivity contribution >= 4 is 11.6 Å². The van der Waals surface area contributed by atoms with Gasteiger partial charge in [-0.3, -0.25) is 9.89 Å². The molecule has 1 N–H and O–H groups in total. The van der Waals surface area contributed by atoms with Crippen LogP contribution < -0.4 is 5.56 Å². The zero-order valence-electron chi connectivity index (χ0n) is 12.2. The summed E-state index contributed by atoms with van der Waals surface area (Å²) in [7, 11) is 0. The smallest absolute Gasteiger partial charge is 0.343 e. The van der Waals surface area contributed by atoms with Crippen LogP contribution in [0.2, 0.25) is 0 Å². The first-order valence-corrected chi connectivity index (χ1v) is 6.59. The molecule has 6 heteroatoms. The highest BCUT2D eigenvalue weighted by atomic mass is 16.5. The maximum atomic E-state index is 12.0. The Kier molecular flexibility index (Phi) is 3.65. The topological polar surface area (TPSA) is 76.5 Å². The first kappa shape index (κ1) is 14.3. The average Bonchev–Trinajstić information content (AvgIpc) is 2.71. The van der Waals surface area contributed by atoms with Crippen molar-refractivity contribution in [2.24, 2.45) is 5.41 Å². The molecule has 2 heterocycles. The zero-order valence-corrected chi connectivity index (χ0v) is 12.2. The second kappa shape index (κ2) is 5.11. The third-order valence-corrected chi connectivity index (χ3v) is 2.76. The molecule has 0 aliphatic rings. The molecule has 2 rings (SSSR count). The number of aromatic amines is 1. The number of H-pyrrole nitrogens is 1. The predicted molar refractivity (Wildman–Crippen MR) is 77.0 cm³/mol. The number of hydrogen-bond donors (Lipinski definition) is 1. The first-order valence-electron chi connectivity index (χ1n) is 6.59. The van der Waals surface area contributed by atoms with E-state index in [4.69, 9.17) is 4.74 Å². The second-order valence-corrected chi connectivity index (χ2v) is 5.89. The van der Waals surface area contributed by atoms with Crippen LogP contribution in [0.5, 0.6) is 0 Å². The SMILES string of the molecule is CCOC(=O)c1c[nH]n2c(=O)cc(CC(C)(C)C)nc12.[HH]. The number of fused-ring (bicyclic) bond motifs is 1. The fourth-order valence-electron chi connectivity index (χ4n) is 2.02. The summed E-state index contributed by atoms with van der Waals surface area (Å²) < 4.78 is 6.21. The highest BCUT2D eigenvalue weighted by Crippen LogP contribution is 2.19. The largest absolute Gasteiger partial charge is 0.462 e. The van der Waals surface area contributed by atoms with Crippen molar-refractivity contribution < 1.29 is 11.0 Å². The fraction of sp³-hybridized carbons (Fsp3) is 0.500. The standard InChI is InChI=1S/C14H19N3O3.H2/c1-5-20-13(19)10-8-15-17-11(18)6-9(16-12(10)17)7-14(2,3)4;/h6,8,15H,5,7H2,1-4H3;1H. The lowest BCUT2D eigenvalue weighted by atomic mass is 9.90. The van der Waals surface area contributed by atoms with Crippen LogP contribution in [0.25, 0.3) is 5.65 Å². The van der Waals surface area contributed by atoms with Gasteiger partial charge in [0.05, 0.1) is 6.61 Å². The molecule has 2 aromatic heterocycles. The Balaban J connectivity index is 0.00000220. The molecule has 0 aliphatic heterocycles. The molecule has 0 atom stereocenters. The van der Waals surface area contributed by atoms with E-state index in [-0.39, 0.29) is 24.6 Å². The van der Waals surface area contributed by atoms with E-state index in [1.54, 1.807) is 6.92 Å². The average molecular weight is 279 g/mol. The van der Waals surface area contributed by atoms with Gasteiger partial charge < -0.3 is 4.74 Å². The molecule has 0 amide bonds. The molecule has 0 radical (unpaired) electrons. The van der Waals surface area contributed by atoms with E-state index < -0.39 is 5.97 Å². The summed E-state index contributed by atoms with van der Waals surface area (Å²) in [6.45, 7) is 8.22. The van der Waals surface area contributed by atoms with Gasteiger partial charge in [-0.15, -0.1) is 0 Å². The minimum absolute atomic E-state index is 0. The molecule has 0 unspecified atom stereocenters. The second-order valence-electron chi connectivity index (χ2n) is 5.89. The number of rotatable bonds is 3. The maximum Gasteiger partial charge on any atom is 0.343 e. The van der Waals surface area contributed by atoms with E-state index in [9.17, 15) is 9.59 Å². The third-order valence-electron chi connectivity index (χ3n) is 2.76. The van der Waals surface area contributed by atoms with Gasteiger partial charge in [-0.25, -0.2) is 14.3 Å². The molecule has 20 heavy (non-hydrogen) atoms. The fourth-order valence-corrected chi connectivity index (χ4v) is 2.02. The molecule has 110 valence electrons. The van der Waals surface area contributed by atoms with Gasteiger partial charge in [0.25, 0.3) is 5.56 Å². The Labute approximate surface area is 118 Å². The van der Waals surface area contributed by atoms with E-state index in [2.05, 4.69) is 30.9 Å². The molecule has 0 spiro atoms. The van der Waals surface area contributed by atoms with Crippen LogP contribution in [0, 0.1) is 5.41 Å². The monoisotopic (exact) mass is 279 g/mol. The summed E-state index contributed by atoms with van der Waals surface area (Å²) in [6.07, 6.45) is 2.11. The molecular weight excluding hydrogens is 258 g/mol. The maximum absolute atomic E-state index is 12.0. The Morgan fingerprint density at radius 1 is 1.50 bits per heavy atom. The van der Waals surface area contributed by atoms with Crippen molar-refractivity contribution in [3.8, 4) is 0 Å². The number of carbonyl (C=O) groups is 1. The molecule has 0 saturated heterocycles. The number of nitrogens with zero attached hydrogens (tertiary/aromatic N) is 2. The normalized spacial score (nSPS) is 11.8. The number of nitrogens with one attached hydrogen (secondary N) is 1. The van der Waals surface area contributed by atoms with Gasteiger partial charge in [0.2, 0.25) is 0 Å². The van der Waals surface area contributed by atoms with Crippen LogP contribution >= 0.6 is 0 Å². The highest BCUT2D eigenvalue weighted by molar-refractivity contribution is 5.95. The molecule has 0 saturated carbocycles. The number of ether oxygens (including phenoxy) is 1. The Morgan fingerprint density at radius 3 is 2.80 bits per heavy atom. The number of hydrogen-bond acceptors (Lipinski definition) is 4. The highest BCUT2D eigenvalue weighted by Gasteiger charge is 2.18. The number of aromatic nitrogens is 3. The van der Waals surface area contributed by atoms with Crippen LogP contribution in [-0.4, -0.2) is 27.2 Å². The summed E-state index contributed by atoms with van der Waals surface area (Å²) in [5, 5.41) is 2.73. The Morgan fingerprint density at radius 2 is 2.20 bits per heavy atom. The Hall–Kier alpha value is -2.11. The number of esters is 1. The molecule has 2 aromatic rings. The first-order chi connectivity index (χ1) is 9.31. The predicted octanol–water partition coefficient (Wildman–Crippen LogP) is 2.03. The van der Waals surface area contributed by atoms with E-state index in [1.807, 2.05) is 0 Å². The number of carbonyl (C=O) groups excluding carboxylic acids is 1. The van der Waals surface area contributed by atoms with Crippen LogP contribution in [0.15, 0.2) is 17.1 Å². The van der Waals surface area contributed by atoms with Crippen molar-refractivity contribution in [3.05, 3.63) is 33.9 Å². The molecule has 0 fully saturated rings. The van der Waals surface area contributed by atoms with Crippen molar-refractivity contribution in [2.75, 3.05) is 6.61 Å². The summed E-state index contributed by atoms with van der Waals surface area (Å²) in [6, 6.07) is 1.49. The van der Waals surface area contributed by atoms with Gasteiger partial charge in [0.1, 0.15) is 5.56 Å². The molecular formula is C14H21N3O3. The van der Waals surface area contributed by atoms with Crippen LogP contribution in [0.3, 0.4) is 0 Å². The molecule has 0 aromatic carbocycles. The molecule has 0 bridgehead atoms. The summed E-state index contributed by atoms with van der Waals surface area (Å²) in [4.78, 5) is 28.3. The Bertz CT molecular complexity index is 698. The molecule has 0 aliphatic carbocycles. The van der Waals surface area contributed by atoms with Gasteiger partial charge in [-0.1, -0.05) is 20.8 Å². The summed E-state index contributed by atoms with van der Waals surface area (Å²) in [5.41, 5.74) is 1.05. The van der Waals surface area contributed by atoms with Crippen molar-refractivity contribution in [2.45, 2.75) is 34.1 Å². The van der Waals surface area contributed by atoms with Gasteiger partial charge in [-0.2, -0.15) is 0 Å². The van der Waals surface area contributed by atoms with Gasteiger partial charge in [-0.05, 0) is 18.8 Å². The van der Waals surface area contributed by atoms with Gasteiger partial charge in [0, 0.05) is 19.4 Å². The van der Waals surface area contributed by atoms with E-state index in [1.165, 1.54) is 16.8 Å². The lowest BCUT2D eigenvalue weighted by molar-refractivity contribution is 0.0528. The lowest BCUT2D eigenvalue weighted by Crippen LogP contribution is -2.19. The molecule has 6 nitrogen and oxygen atoms in total. The van der Waals surface area contributed by atoms with E-state index >= 15 is 0 Å². The van der Waals surface area contributed by atoms with E-state index in [0.717, 1.165) is 0 Å². The van der Waals surface area contributed by atoms with Crippen molar-refractivity contribution in [1.82, 2.24) is 14.6 Å². The van der Waals surface area contributed by atoms with Crippen molar-refractivity contribution in [1.29, 1.82) is 0 Å².